The van der Waals surface area contributed by atoms with Crippen LogP contribution in [-0.2, 0) is 18.6 Å². The normalized spacial score (nSPS) is 15.2. The van der Waals surface area contributed by atoms with E-state index in [0.29, 0.717) is 13.0 Å². The molecule has 9 heteroatoms. The van der Waals surface area contributed by atoms with Crippen molar-refractivity contribution in [2.24, 2.45) is 0 Å². The molecule has 0 amide bonds. The van der Waals surface area contributed by atoms with Crippen molar-refractivity contribution in [3.63, 3.8) is 0 Å². The fourth-order valence-electron chi connectivity index (χ4n) is 2.72. The maximum Gasteiger partial charge on any atom is 0.330 e. The molecule has 2 N–H and O–H groups in total. The monoisotopic (exact) mass is 439 g/mol. The number of carbonyl (C=O) groups is 1. The fourth-order valence-corrected chi connectivity index (χ4v) is 3.48. The van der Waals surface area contributed by atoms with Crippen LogP contribution in [0, 0.1) is 0 Å². The highest BCUT2D eigenvalue weighted by Crippen LogP contribution is 2.36. The Bertz CT molecular complexity index is 407. The Morgan fingerprint density at radius 2 is 1.48 bits per heavy atom. The molecule has 0 aromatic heterocycles. The van der Waals surface area contributed by atoms with Gasteiger partial charge in [-0.1, -0.05) is 45.4 Å². The van der Waals surface area contributed by atoms with Crippen LogP contribution in [0.5, 0.6) is 0 Å². The molecule has 0 bridgehead atoms. The quantitative estimate of drug-likeness (QED) is 0.130. The van der Waals surface area contributed by atoms with E-state index in [0.717, 1.165) is 19.4 Å². The molecule has 0 radical (unpaired) electrons. The molecule has 0 heterocycles. The molecule has 0 saturated heterocycles. The maximum atomic E-state index is 12.3. The summed E-state index contributed by atoms with van der Waals surface area (Å²) in [5, 5.41) is 21.3. The standard InChI is InChI=1S/C20H42NO7P/c1-5-6-7-8-9-10-11-14-26-15-12-13-16-27-29(25)28-18(17-19(22)23)20(24)21(2,3)4/h18,20,25H,5-17H2,1-4H3,(H,22,23). The topological polar surface area (TPSA) is 108 Å². The zero-order valence-electron chi connectivity index (χ0n) is 18.7. The molecule has 0 rings (SSSR count). The van der Waals surface area contributed by atoms with E-state index in [4.69, 9.17) is 18.9 Å². The number of quaternary nitrogens is 1. The zero-order chi connectivity index (χ0) is 22.1. The Balaban J connectivity index is 3.76. The minimum Gasteiger partial charge on any atom is -0.804 e. The third kappa shape index (κ3) is 17.1. The third-order valence-corrected chi connectivity index (χ3v) is 5.31. The van der Waals surface area contributed by atoms with Gasteiger partial charge in [-0.2, -0.15) is 0 Å². The van der Waals surface area contributed by atoms with Gasteiger partial charge in [0.1, 0.15) is 6.10 Å². The third-order valence-electron chi connectivity index (χ3n) is 4.46. The van der Waals surface area contributed by atoms with Crippen LogP contribution in [0.25, 0.3) is 0 Å². The van der Waals surface area contributed by atoms with E-state index >= 15 is 0 Å². The second-order valence-electron chi connectivity index (χ2n) is 8.26. The van der Waals surface area contributed by atoms with Crippen molar-refractivity contribution in [2.75, 3.05) is 41.0 Å². The molecule has 0 aliphatic heterocycles. The summed E-state index contributed by atoms with van der Waals surface area (Å²) in [6.07, 6.45) is 7.35. The minimum atomic E-state index is -2.28. The summed E-state index contributed by atoms with van der Waals surface area (Å²) in [6.45, 7) is 3.92. The molecular weight excluding hydrogens is 397 g/mol. The van der Waals surface area contributed by atoms with Crippen LogP contribution >= 0.6 is 8.60 Å². The molecule has 0 aliphatic rings. The van der Waals surface area contributed by atoms with Crippen molar-refractivity contribution in [3.05, 3.63) is 0 Å². The van der Waals surface area contributed by atoms with Crippen LogP contribution in [0.2, 0.25) is 0 Å². The number of aliphatic carboxylic acids is 1. The van der Waals surface area contributed by atoms with Crippen molar-refractivity contribution in [1.82, 2.24) is 0 Å². The minimum absolute atomic E-state index is 0.0167. The van der Waals surface area contributed by atoms with Gasteiger partial charge in [-0.15, -0.1) is 0 Å². The Labute approximate surface area is 177 Å². The van der Waals surface area contributed by atoms with E-state index in [1.54, 1.807) is 21.1 Å². The second kappa shape index (κ2) is 17.4. The Morgan fingerprint density at radius 1 is 0.966 bits per heavy atom. The molecule has 3 unspecified atom stereocenters. The lowest BCUT2D eigenvalue weighted by atomic mass is 10.1. The summed E-state index contributed by atoms with van der Waals surface area (Å²) in [6, 6.07) is 0. The molecule has 0 saturated carbocycles. The smallest absolute Gasteiger partial charge is 0.330 e. The summed E-state index contributed by atoms with van der Waals surface area (Å²) in [7, 11) is 2.68. The number of likely N-dealkylation sites (N-methyl/N-ethyl adjacent to an activating group) is 1. The van der Waals surface area contributed by atoms with E-state index in [1.807, 2.05) is 0 Å². The van der Waals surface area contributed by atoms with Crippen LogP contribution in [0.1, 0.15) is 71.1 Å². The number of unbranched alkanes of at least 4 members (excludes halogenated alkanes) is 7. The number of carboxylic acid groups (broad SMARTS) is 1. The van der Waals surface area contributed by atoms with Gasteiger partial charge < -0.3 is 33.4 Å². The van der Waals surface area contributed by atoms with Crippen LogP contribution in [0.15, 0.2) is 0 Å². The average Bonchev–Trinajstić information content (AvgIpc) is 2.63. The summed E-state index contributed by atoms with van der Waals surface area (Å²) < 4.78 is 16.0. The van der Waals surface area contributed by atoms with Crippen LogP contribution in [-0.4, -0.2) is 73.7 Å². The van der Waals surface area contributed by atoms with Gasteiger partial charge in [-0.25, -0.2) is 0 Å². The first kappa shape index (κ1) is 28.7. The number of hydrogen-bond donors (Lipinski definition) is 2. The number of rotatable bonds is 20. The Morgan fingerprint density at radius 3 is 2.03 bits per heavy atom. The summed E-state index contributed by atoms with van der Waals surface area (Å²) in [5.74, 6) is -1.15. The van der Waals surface area contributed by atoms with E-state index in [2.05, 4.69) is 6.92 Å². The van der Waals surface area contributed by atoms with Crippen LogP contribution in [0.4, 0.5) is 0 Å². The number of ether oxygens (including phenoxy) is 1. The first-order chi connectivity index (χ1) is 13.7. The van der Waals surface area contributed by atoms with Gasteiger partial charge in [-0.05, 0) is 19.3 Å². The van der Waals surface area contributed by atoms with Crippen molar-refractivity contribution < 1.29 is 38.2 Å². The highest BCUT2D eigenvalue weighted by atomic mass is 31.2. The van der Waals surface area contributed by atoms with Crippen LogP contribution < -0.4 is 5.11 Å². The first-order valence-corrected chi connectivity index (χ1v) is 11.9. The fraction of sp³-hybridized carbons (Fsp3) is 0.950. The molecule has 0 aliphatic carbocycles. The van der Waals surface area contributed by atoms with Gasteiger partial charge >= 0.3 is 14.6 Å². The van der Waals surface area contributed by atoms with Crippen LogP contribution in [0.3, 0.4) is 0 Å². The molecule has 0 fully saturated rings. The Hall–Kier alpha value is -0.340. The first-order valence-electron chi connectivity index (χ1n) is 10.7. The van der Waals surface area contributed by atoms with Gasteiger partial charge in [0, 0.05) is 19.4 Å². The second-order valence-corrected chi connectivity index (χ2v) is 9.21. The molecule has 0 spiro atoms. The molecule has 3 atom stereocenters. The van der Waals surface area contributed by atoms with Crippen molar-refractivity contribution in [2.45, 2.75) is 83.5 Å². The lowest BCUT2D eigenvalue weighted by Crippen LogP contribution is -2.60. The number of nitrogens with zero attached hydrogens (tertiary/aromatic N) is 1. The van der Waals surface area contributed by atoms with Crippen molar-refractivity contribution in [3.8, 4) is 0 Å². The number of hydrogen-bond acceptors (Lipinski definition) is 6. The molecule has 29 heavy (non-hydrogen) atoms. The van der Waals surface area contributed by atoms with E-state index in [-0.39, 0.29) is 11.1 Å². The van der Waals surface area contributed by atoms with Gasteiger partial charge in [0.2, 0.25) is 0 Å². The molecule has 0 aromatic rings. The maximum absolute atomic E-state index is 12.3. The molecule has 0 aromatic carbocycles. The van der Waals surface area contributed by atoms with E-state index in [1.165, 1.54) is 38.5 Å². The summed E-state index contributed by atoms with van der Waals surface area (Å²) >= 11 is 0. The van der Waals surface area contributed by atoms with Gasteiger partial charge in [0.05, 0.1) is 34.2 Å². The predicted molar refractivity (Wildman–Crippen MR) is 112 cm³/mol. The summed E-state index contributed by atoms with van der Waals surface area (Å²) in [4.78, 5) is 20.8. The molecular formula is C20H42NO7P. The number of carboxylic acids is 1. The summed E-state index contributed by atoms with van der Waals surface area (Å²) in [5.41, 5.74) is 0. The lowest BCUT2D eigenvalue weighted by Gasteiger charge is -2.42. The largest absolute Gasteiger partial charge is 0.804 e. The zero-order valence-corrected chi connectivity index (χ0v) is 19.6. The van der Waals surface area contributed by atoms with Gasteiger partial charge in [0.25, 0.3) is 0 Å². The SMILES string of the molecule is CCCCCCCCCOCCCCOP(O)OC(CC(=O)O)C([O-])[N+](C)(C)C. The predicted octanol–water partition coefficient (Wildman–Crippen LogP) is 3.02. The van der Waals surface area contributed by atoms with Crippen molar-refractivity contribution >= 4 is 14.6 Å². The highest BCUT2D eigenvalue weighted by Gasteiger charge is 2.29. The highest BCUT2D eigenvalue weighted by molar-refractivity contribution is 7.40. The lowest BCUT2D eigenvalue weighted by molar-refractivity contribution is -0.973. The Kier molecular flexibility index (Phi) is 17.1. The van der Waals surface area contributed by atoms with E-state index in [9.17, 15) is 14.8 Å². The van der Waals surface area contributed by atoms with Crippen molar-refractivity contribution in [1.29, 1.82) is 0 Å². The molecule has 8 nitrogen and oxygen atoms in total. The average molecular weight is 440 g/mol. The molecule has 174 valence electrons. The van der Waals surface area contributed by atoms with Gasteiger partial charge in [0.15, 0.2) is 0 Å². The van der Waals surface area contributed by atoms with Gasteiger partial charge in [-0.3, -0.25) is 4.79 Å². The van der Waals surface area contributed by atoms with E-state index < -0.39 is 33.3 Å².